The van der Waals surface area contributed by atoms with Gasteiger partial charge in [0.25, 0.3) is 5.56 Å². The van der Waals surface area contributed by atoms with Crippen LogP contribution in [0, 0.1) is 11.6 Å². The highest BCUT2D eigenvalue weighted by Gasteiger charge is 2.36. The molecule has 1 aromatic heterocycles. The van der Waals surface area contributed by atoms with Crippen LogP contribution in [-0.4, -0.2) is 51.3 Å². The van der Waals surface area contributed by atoms with Gasteiger partial charge in [-0.3, -0.25) is 9.36 Å². The topological polar surface area (TPSA) is 161 Å². The molecule has 190 valence electrons. The van der Waals surface area contributed by atoms with E-state index in [1.54, 1.807) is 26.2 Å². The molecule has 1 unspecified atom stereocenters. The smallest absolute Gasteiger partial charge is 0.424 e. The van der Waals surface area contributed by atoms with Crippen molar-refractivity contribution in [3.05, 3.63) is 32.5 Å². The Kier molecular flexibility index (Phi) is 5.85. The number of nitrogen functional groups attached to an aromatic ring is 1. The van der Waals surface area contributed by atoms with Crippen LogP contribution >= 0.6 is 0 Å². The first kappa shape index (κ1) is 24.3. The molecule has 1 aromatic carbocycles. The molecule has 0 spiro atoms. The summed E-state index contributed by atoms with van der Waals surface area (Å²) >= 11 is 0. The highest BCUT2D eigenvalue weighted by molar-refractivity contribution is 5.95. The summed E-state index contributed by atoms with van der Waals surface area (Å²) < 4.78 is 37.6. The van der Waals surface area contributed by atoms with Crippen molar-refractivity contribution >= 4 is 34.5 Å². The predicted octanol–water partition coefficient (Wildman–Crippen LogP) is 1.68. The fraction of sp³-hybridized carbons (Fsp3) is 0.524. The molecule has 5 N–H and O–H groups in total. The summed E-state index contributed by atoms with van der Waals surface area (Å²) in [5.74, 6) is -2.37. The quantitative estimate of drug-likeness (QED) is 0.465. The lowest BCUT2D eigenvalue weighted by Crippen LogP contribution is -2.47. The molecule has 1 saturated carbocycles. The second-order valence-electron chi connectivity index (χ2n) is 9.63. The van der Waals surface area contributed by atoms with E-state index in [-0.39, 0.29) is 17.8 Å². The van der Waals surface area contributed by atoms with Gasteiger partial charge in [-0.25, -0.2) is 28.6 Å². The number of hydrogen-bond acceptors (Lipinski definition) is 7. The van der Waals surface area contributed by atoms with Crippen LogP contribution in [0.25, 0.3) is 10.9 Å². The van der Waals surface area contributed by atoms with Crippen molar-refractivity contribution in [1.29, 1.82) is 0 Å². The number of benzene rings is 1. The first-order valence-corrected chi connectivity index (χ1v) is 11.0. The van der Waals surface area contributed by atoms with Gasteiger partial charge in [-0.15, -0.1) is 0 Å². The van der Waals surface area contributed by atoms with Crippen LogP contribution in [0.2, 0.25) is 0 Å². The van der Waals surface area contributed by atoms with Crippen LogP contribution in [-0.2, 0) is 4.74 Å². The third kappa shape index (κ3) is 4.47. The van der Waals surface area contributed by atoms with E-state index in [4.69, 9.17) is 15.6 Å². The number of nitrogens with two attached hydrogens (primary N) is 1. The zero-order valence-corrected chi connectivity index (χ0v) is 19.4. The standard InChI is InChI=1S/C21H26F2N6O6/c1-21(2,3)35-19(33)25-9-6-7-27(8-9)16-12(22)14(24)11-15(13(16)23)28(10-4-5-10)20(34)29(17(11)30)26-18(31)32/h9-10,26H,4-8,24H2,1-3H3,(H,25,33)(H,31,32). The molecule has 1 saturated heterocycles. The van der Waals surface area contributed by atoms with Gasteiger partial charge in [-0.1, -0.05) is 0 Å². The van der Waals surface area contributed by atoms with E-state index in [2.05, 4.69) is 5.32 Å². The fourth-order valence-electron chi connectivity index (χ4n) is 4.23. The minimum absolute atomic E-state index is 0.0311. The summed E-state index contributed by atoms with van der Waals surface area (Å²) in [6, 6.07) is -0.973. The Labute approximate surface area is 197 Å². The minimum atomic E-state index is -1.71. The van der Waals surface area contributed by atoms with Gasteiger partial charge in [0.05, 0.1) is 22.6 Å². The van der Waals surface area contributed by atoms with Crippen LogP contribution in [0.1, 0.15) is 46.1 Å². The van der Waals surface area contributed by atoms with E-state index in [0.29, 0.717) is 19.3 Å². The summed E-state index contributed by atoms with van der Waals surface area (Å²) in [6.07, 6.45) is -1.05. The number of rotatable bonds is 4. The number of ether oxygens (including phenoxy) is 1. The number of halogens is 2. The molecule has 0 bridgehead atoms. The fourth-order valence-corrected chi connectivity index (χ4v) is 4.23. The molecule has 1 atom stereocenters. The summed E-state index contributed by atoms with van der Waals surface area (Å²) in [5.41, 5.74) is 2.75. The Morgan fingerprint density at radius 3 is 2.37 bits per heavy atom. The van der Waals surface area contributed by atoms with Gasteiger partial charge in [-0.2, -0.15) is 4.68 Å². The van der Waals surface area contributed by atoms with Crippen molar-refractivity contribution in [3.63, 3.8) is 0 Å². The Morgan fingerprint density at radius 1 is 1.14 bits per heavy atom. The lowest BCUT2D eigenvalue weighted by molar-refractivity contribution is 0.0509. The summed E-state index contributed by atoms with van der Waals surface area (Å²) in [6.45, 7) is 5.30. The Bertz CT molecular complexity index is 1340. The summed E-state index contributed by atoms with van der Waals surface area (Å²) in [4.78, 5) is 50.3. The van der Waals surface area contributed by atoms with Crippen molar-refractivity contribution in [1.82, 2.24) is 14.6 Å². The summed E-state index contributed by atoms with van der Waals surface area (Å²) in [5, 5.41) is 11.0. The van der Waals surface area contributed by atoms with E-state index < -0.39 is 75.0 Å². The monoisotopic (exact) mass is 496 g/mol. The molecule has 2 heterocycles. The van der Waals surface area contributed by atoms with E-state index in [9.17, 15) is 19.2 Å². The SMILES string of the molecule is CC(C)(C)OC(=O)NC1CCN(c2c(F)c(N)c3c(=O)n(NC(=O)O)c(=O)n(C4CC4)c3c2F)C1. The van der Waals surface area contributed by atoms with Gasteiger partial charge in [0, 0.05) is 19.1 Å². The maximum absolute atomic E-state index is 15.9. The highest BCUT2D eigenvalue weighted by Crippen LogP contribution is 2.40. The number of carbonyl (C=O) groups excluding carboxylic acids is 1. The number of aromatic nitrogens is 2. The minimum Gasteiger partial charge on any atom is -0.464 e. The van der Waals surface area contributed by atoms with Gasteiger partial charge in [0.2, 0.25) is 0 Å². The van der Waals surface area contributed by atoms with Gasteiger partial charge in [0.15, 0.2) is 11.6 Å². The van der Waals surface area contributed by atoms with E-state index >= 15 is 8.78 Å². The van der Waals surface area contributed by atoms with E-state index in [1.165, 1.54) is 4.90 Å². The maximum atomic E-state index is 15.9. The number of amides is 2. The normalized spacial score (nSPS) is 18.1. The van der Waals surface area contributed by atoms with Crippen molar-refractivity contribution in [2.75, 3.05) is 29.1 Å². The van der Waals surface area contributed by atoms with Crippen molar-refractivity contribution in [3.8, 4) is 0 Å². The number of carbonyl (C=O) groups is 2. The number of carboxylic acid groups (broad SMARTS) is 1. The molecule has 35 heavy (non-hydrogen) atoms. The van der Waals surface area contributed by atoms with Crippen LogP contribution in [0.4, 0.5) is 29.7 Å². The van der Waals surface area contributed by atoms with Crippen LogP contribution < -0.4 is 32.6 Å². The number of nitrogens with one attached hydrogen (secondary N) is 2. The number of anilines is 2. The van der Waals surface area contributed by atoms with Gasteiger partial charge >= 0.3 is 17.9 Å². The molecule has 2 amide bonds. The Balaban J connectivity index is 1.79. The predicted molar refractivity (Wildman–Crippen MR) is 122 cm³/mol. The van der Waals surface area contributed by atoms with Crippen LogP contribution in [0.15, 0.2) is 9.59 Å². The van der Waals surface area contributed by atoms with Gasteiger partial charge in [-0.05, 0) is 40.0 Å². The van der Waals surface area contributed by atoms with E-state index in [1.807, 2.05) is 0 Å². The average molecular weight is 496 g/mol. The zero-order valence-electron chi connectivity index (χ0n) is 19.4. The lowest BCUT2D eigenvalue weighted by Gasteiger charge is -2.24. The number of hydrogen-bond donors (Lipinski definition) is 4. The zero-order chi connectivity index (χ0) is 25.8. The maximum Gasteiger partial charge on any atom is 0.424 e. The number of nitrogens with zero attached hydrogens (tertiary/aromatic N) is 3. The van der Waals surface area contributed by atoms with Gasteiger partial charge < -0.3 is 25.8 Å². The number of fused-ring (bicyclic) bond motifs is 1. The second-order valence-corrected chi connectivity index (χ2v) is 9.63. The van der Waals surface area contributed by atoms with Crippen LogP contribution in [0.5, 0.6) is 0 Å². The third-order valence-corrected chi connectivity index (χ3v) is 5.77. The second kappa shape index (κ2) is 8.43. The van der Waals surface area contributed by atoms with Crippen molar-refractivity contribution in [2.24, 2.45) is 0 Å². The van der Waals surface area contributed by atoms with Gasteiger partial charge in [0.1, 0.15) is 11.3 Å². The Hall–Kier alpha value is -3.84. The molecular weight excluding hydrogens is 470 g/mol. The average Bonchev–Trinajstić information content (AvgIpc) is 3.47. The highest BCUT2D eigenvalue weighted by atomic mass is 19.1. The molecule has 0 radical (unpaired) electrons. The van der Waals surface area contributed by atoms with Crippen LogP contribution in [0.3, 0.4) is 0 Å². The van der Waals surface area contributed by atoms with Crippen molar-refractivity contribution < 1.29 is 28.2 Å². The number of alkyl carbamates (subject to hydrolysis) is 1. The van der Waals surface area contributed by atoms with Crippen molar-refractivity contribution in [2.45, 2.75) is 57.7 Å². The lowest BCUT2D eigenvalue weighted by atomic mass is 10.1. The first-order valence-electron chi connectivity index (χ1n) is 11.0. The largest absolute Gasteiger partial charge is 0.464 e. The molecule has 2 fully saturated rings. The van der Waals surface area contributed by atoms with E-state index in [0.717, 1.165) is 4.57 Å². The Morgan fingerprint density at radius 2 is 1.80 bits per heavy atom. The molecule has 4 rings (SSSR count). The molecule has 2 aromatic rings. The molecular formula is C21H26F2N6O6. The molecule has 2 aliphatic rings. The molecule has 14 heteroatoms. The molecule has 1 aliphatic carbocycles. The summed E-state index contributed by atoms with van der Waals surface area (Å²) in [7, 11) is 0. The molecule has 12 nitrogen and oxygen atoms in total. The third-order valence-electron chi connectivity index (χ3n) is 5.77. The first-order chi connectivity index (χ1) is 16.3. The molecule has 1 aliphatic heterocycles.